The number of carbonyl (C=O) groups excluding carboxylic acids is 1. The summed E-state index contributed by atoms with van der Waals surface area (Å²) in [6.07, 6.45) is 4.48. The first-order valence-corrected chi connectivity index (χ1v) is 8.27. The molecule has 0 unspecified atom stereocenters. The lowest BCUT2D eigenvalue weighted by atomic mass is 10.2. The summed E-state index contributed by atoms with van der Waals surface area (Å²) in [6.45, 7) is 0. The number of carbonyl (C=O) groups is 1. The van der Waals surface area contributed by atoms with Gasteiger partial charge in [0.2, 0.25) is 5.96 Å². The lowest BCUT2D eigenvalue weighted by Crippen LogP contribution is -2.35. The topological polar surface area (TPSA) is 108 Å². The third kappa shape index (κ3) is 6.17. The molecule has 0 fully saturated rings. The molecule has 28 heavy (non-hydrogen) atoms. The van der Waals surface area contributed by atoms with E-state index in [0.29, 0.717) is 11.5 Å². The number of nitrogens with zero attached hydrogens (tertiary/aromatic N) is 2. The van der Waals surface area contributed by atoms with Gasteiger partial charge < -0.3 is 19.9 Å². The lowest BCUT2D eigenvalue weighted by molar-refractivity contribution is -0.115. The third-order valence-electron chi connectivity index (χ3n) is 3.57. The molecule has 2 aromatic carbocycles. The van der Waals surface area contributed by atoms with Gasteiger partial charge in [-0.05, 0) is 47.5 Å². The Morgan fingerprint density at radius 1 is 0.964 bits per heavy atom. The Hall–Kier alpha value is -3.81. The van der Waals surface area contributed by atoms with Crippen LogP contribution in [-0.4, -0.2) is 39.4 Å². The molecule has 0 aliphatic carbocycles. The van der Waals surface area contributed by atoms with E-state index in [2.05, 4.69) is 15.5 Å². The van der Waals surface area contributed by atoms with Crippen LogP contribution in [0.3, 0.4) is 0 Å². The number of methoxy groups -OCH3 is 3. The van der Waals surface area contributed by atoms with E-state index in [1.54, 1.807) is 57.7 Å². The number of nitrogens with one attached hydrogen (secondary N) is 1. The Morgan fingerprint density at radius 3 is 2.29 bits per heavy atom. The fourth-order valence-corrected chi connectivity index (χ4v) is 2.17. The van der Waals surface area contributed by atoms with Crippen molar-refractivity contribution in [1.82, 2.24) is 5.32 Å². The van der Waals surface area contributed by atoms with Crippen molar-refractivity contribution in [2.24, 2.45) is 15.9 Å². The zero-order chi connectivity index (χ0) is 20.4. The molecule has 0 aliphatic rings. The van der Waals surface area contributed by atoms with Crippen LogP contribution >= 0.6 is 0 Å². The first kappa shape index (κ1) is 20.5. The van der Waals surface area contributed by atoms with Gasteiger partial charge in [-0.1, -0.05) is 12.1 Å². The Morgan fingerprint density at radius 2 is 1.64 bits per heavy atom. The van der Waals surface area contributed by atoms with Gasteiger partial charge in [0.15, 0.2) is 11.5 Å². The summed E-state index contributed by atoms with van der Waals surface area (Å²) in [5.41, 5.74) is 7.24. The first-order chi connectivity index (χ1) is 13.5. The van der Waals surface area contributed by atoms with Crippen molar-refractivity contribution < 1.29 is 19.0 Å². The van der Waals surface area contributed by atoms with Gasteiger partial charge in [0.05, 0.1) is 27.5 Å². The van der Waals surface area contributed by atoms with E-state index in [1.165, 1.54) is 12.3 Å². The summed E-state index contributed by atoms with van der Waals surface area (Å²) in [4.78, 5) is 11.9. The second-order valence-corrected chi connectivity index (χ2v) is 5.44. The Bertz CT molecular complexity index is 890. The Labute approximate surface area is 163 Å². The van der Waals surface area contributed by atoms with Crippen LogP contribution in [0.15, 0.2) is 58.7 Å². The predicted molar refractivity (Wildman–Crippen MR) is 109 cm³/mol. The standard InChI is InChI=1S/C20H22N4O4/c1-26-16-8-4-14(5-9-16)7-11-19(25)23-20(21)24-22-13-15-6-10-17(27-2)18(12-15)28-3/h4-13H,1-3H3,(H3,21,23,24,25). The van der Waals surface area contributed by atoms with Crippen LogP contribution in [-0.2, 0) is 4.79 Å². The molecule has 1 amide bonds. The summed E-state index contributed by atoms with van der Waals surface area (Å²) < 4.78 is 15.5. The van der Waals surface area contributed by atoms with E-state index < -0.39 is 5.91 Å². The molecule has 0 spiro atoms. The van der Waals surface area contributed by atoms with Crippen LogP contribution in [0.2, 0.25) is 0 Å². The zero-order valence-corrected chi connectivity index (χ0v) is 15.9. The normalized spacial score (nSPS) is 11.6. The largest absolute Gasteiger partial charge is 0.497 e. The highest BCUT2D eigenvalue weighted by molar-refractivity contribution is 6.03. The minimum atomic E-state index is -0.418. The van der Waals surface area contributed by atoms with Crippen LogP contribution in [0.4, 0.5) is 0 Å². The fraction of sp³-hybridized carbons (Fsp3) is 0.150. The summed E-state index contributed by atoms with van der Waals surface area (Å²) in [7, 11) is 4.69. The minimum absolute atomic E-state index is 0.124. The SMILES string of the molecule is COc1ccc(C=CC(=O)NC(N)=NN=Cc2ccc(OC)c(OC)c2)cc1. The predicted octanol–water partition coefficient (Wildman–Crippen LogP) is 2.19. The average molecular weight is 382 g/mol. The maximum atomic E-state index is 11.9. The second-order valence-electron chi connectivity index (χ2n) is 5.44. The molecule has 146 valence electrons. The fourth-order valence-electron chi connectivity index (χ4n) is 2.17. The summed E-state index contributed by atoms with van der Waals surface area (Å²) in [6, 6.07) is 12.5. The van der Waals surface area contributed by atoms with Crippen LogP contribution in [0.5, 0.6) is 17.2 Å². The number of rotatable bonds is 7. The molecule has 8 heteroatoms. The molecule has 0 heterocycles. The summed E-state index contributed by atoms with van der Waals surface area (Å²) >= 11 is 0. The molecule has 2 aromatic rings. The van der Waals surface area contributed by atoms with Crippen molar-refractivity contribution in [3.05, 3.63) is 59.7 Å². The Balaban J connectivity index is 1.93. The van der Waals surface area contributed by atoms with E-state index in [9.17, 15) is 4.79 Å². The molecule has 0 saturated heterocycles. The van der Waals surface area contributed by atoms with Gasteiger partial charge in [0.25, 0.3) is 5.91 Å². The van der Waals surface area contributed by atoms with Crippen molar-refractivity contribution in [2.75, 3.05) is 21.3 Å². The van der Waals surface area contributed by atoms with Gasteiger partial charge >= 0.3 is 0 Å². The van der Waals surface area contributed by atoms with Gasteiger partial charge in [-0.15, -0.1) is 5.10 Å². The maximum absolute atomic E-state index is 11.9. The average Bonchev–Trinajstić information content (AvgIpc) is 2.72. The molecule has 0 saturated carbocycles. The first-order valence-electron chi connectivity index (χ1n) is 8.27. The molecular weight excluding hydrogens is 360 g/mol. The van der Waals surface area contributed by atoms with Gasteiger partial charge in [-0.2, -0.15) is 5.10 Å². The Kier molecular flexibility index (Phi) is 7.59. The zero-order valence-electron chi connectivity index (χ0n) is 15.9. The number of hydrogen-bond acceptors (Lipinski definition) is 6. The van der Waals surface area contributed by atoms with E-state index in [1.807, 2.05) is 12.1 Å². The van der Waals surface area contributed by atoms with Gasteiger partial charge in [0.1, 0.15) is 5.75 Å². The maximum Gasteiger partial charge on any atom is 0.250 e. The second kappa shape index (κ2) is 10.4. The molecule has 0 atom stereocenters. The quantitative estimate of drug-likeness (QED) is 0.330. The van der Waals surface area contributed by atoms with E-state index >= 15 is 0 Å². The van der Waals surface area contributed by atoms with Crippen LogP contribution in [0.1, 0.15) is 11.1 Å². The van der Waals surface area contributed by atoms with Crippen LogP contribution in [0, 0.1) is 0 Å². The van der Waals surface area contributed by atoms with Gasteiger partial charge in [0, 0.05) is 6.08 Å². The molecule has 3 N–H and O–H groups in total. The molecule has 2 rings (SSSR count). The summed E-state index contributed by atoms with van der Waals surface area (Å²) in [5.74, 6) is 1.38. The number of guanidine groups is 1. The molecule has 0 radical (unpaired) electrons. The van der Waals surface area contributed by atoms with Crippen LogP contribution in [0.25, 0.3) is 6.08 Å². The molecule has 8 nitrogen and oxygen atoms in total. The smallest absolute Gasteiger partial charge is 0.250 e. The monoisotopic (exact) mass is 382 g/mol. The van der Waals surface area contributed by atoms with Crippen LogP contribution < -0.4 is 25.3 Å². The highest BCUT2D eigenvalue weighted by Crippen LogP contribution is 2.26. The highest BCUT2D eigenvalue weighted by Gasteiger charge is 2.03. The molecule has 0 aliphatic heterocycles. The minimum Gasteiger partial charge on any atom is -0.497 e. The van der Waals surface area contributed by atoms with E-state index in [0.717, 1.165) is 16.9 Å². The van der Waals surface area contributed by atoms with E-state index in [-0.39, 0.29) is 5.96 Å². The number of amides is 1. The number of nitrogens with two attached hydrogens (primary N) is 1. The number of benzene rings is 2. The third-order valence-corrected chi connectivity index (χ3v) is 3.57. The van der Waals surface area contributed by atoms with E-state index in [4.69, 9.17) is 19.9 Å². The van der Waals surface area contributed by atoms with Crippen molar-refractivity contribution in [3.8, 4) is 17.2 Å². The van der Waals surface area contributed by atoms with Gasteiger partial charge in [-0.3, -0.25) is 10.1 Å². The van der Waals surface area contributed by atoms with Gasteiger partial charge in [-0.25, -0.2) is 0 Å². The van der Waals surface area contributed by atoms with Crippen molar-refractivity contribution in [1.29, 1.82) is 0 Å². The molecule has 0 bridgehead atoms. The van der Waals surface area contributed by atoms with Crippen molar-refractivity contribution >= 4 is 24.2 Å². The lowest BCUT2D eigenvalue weighted by Gasteiger charge is -2.07. The summed E-state index contributed by atoms with van der Waals surface area (Å²) in [5, 5.41) is 10.0. The number of hydrogen-bond donors (Lipinski definition) is 2. The highest BCUT2D eigenvalue weighted by atomic mass is 16.5. The van der Waals surface area contributed by atoms with Crippen molar-refractivity contribution in [3.63, 3.8) is 0 Å². The molecular formula is C20H22N4O4. The molecule has 0 aromatic heterocycles. The van der Waals surface area contributed by atoms with Crippen molar-refractivity contribution in [2.45, 2.75) is 0 Å². The number of ether oxygens (including phenoxy) is 3.